The van der Waals surface area contributed by atoms with Crippen molar-refractivity contribution < 1.29 is 38.2 Å². The van der Waals surface area contributed by atoms with Crippen molar-refractivity contribution >= 4 is 29.8 Å². The lowest BCUT2D eigenvalue weighted by Gasteiger charge is -2.40. The van der Waals surface area contributed by atoms with Gasteiger partial charge in [-0.15, -0.1) is 0 Å². The van der Waals surface area contributed by atoms with Gasteiger partial charge in [-0.25, -0.2) is 9.59 Å². The summed E-state index contributed by atoms with van der Waals surface area (Å²) in [5.41, 5.74) is 0.299. The molecule has 2 aromatic carbocycles. The fraction of sp³-hybridized carbons (Fsp3) is 0.469. The van der Waals surface area contributed by atoms with Crippen LogP contribution in [0.5, 0.6) is 0 Å². The van der Waals surface area contributed by atoms with E-state index in [1.165, 1.54) is 25.9 Å². The van der Waals surface area contributed by atoms with Gasteiger partial charge >= 0.3 is 18.0 Å². The molecule has 0 aliphatic carbocycles. The maximum absolute atomic E-state index is 14.2. The quantitative estimate of drug-likeness (QED) is 0.329. The van der Waals surface area contributed by atoms with Gasteiger partial charge in [-0.05, 0) is 43.7 Å². The number of hydrogen-bond donors (Lipinski definition) is 1. The third-order valence-electron chi connectivity index (χ3n) is 8.06. The summed E-state index contributed by atoms with van der Waals surface area (Å²) >= 11 is 0. The Morgan fingerprint density at radius 1 is 0.953 bits per heavy atom. The Balaban J connectivity index is 1.60. The second-order valence-electron chi connectivity index (χ2n) is 11.0. The summed E-state index contributed by atoms with van der Waals surface area (Å²) in [6, 6.07) is 16.5. The summed E-state index contributed by atoms with van der Waals surface area (Å²) in [4.78, 5) is 68.9. The standard InChI is InChI=1S/C32H39N3O8/c1-22(43-23(2)36)27(29(38)41-3)33-30(39)32(20-24-12-6-4-7-13-24)17-11-19-35(32)28(37)26-16-10-18-34(26)31(40)42-21-25-14-8-5-9-15-25/h4-9,12-15,22,26-27H,10-11,16-21H2,1-3H3,(H,33,39)/t22-,26+,27+,32?/m1/s1. The van der Waals surface area contributed by atoms with Crippen LogP contribution in [0.25, 0.3) is 0 Å². The van der Waals surface area contributed by atoms with Gasteiger partial charge in [0.15, 0.2) is 6.04 Å². The fourth-order valence-electron chi connectivity index (χ4n) is 5.96. The average molecular weight is 594 g/mol. The number of methoxy groups -OCH3 is 1. The summed E-state index contributed by atoms with van der Waals surface area (Å²) < 4.78 is 15.6. The topological polar surface area (TPSA) is 132 Å². The van der Waals surface area contributed by atoms with Gasteiger partial charge in [0.2, 0.25) is 11.8 Å². The van der Waals surface area contributed by atoms with Crippen molar-refractivity contribution in [3.63, 3.8) is 0 Å². The molecule has 43 heavy (non-hydrogen) atoms. The highest BCUT2D eigenvalue weighted by atomic mass is 16.6. The first kappa shape index (κ1) is 31.5. The van der Waals surface area contributed by atoms with Crippen molar-refractivity contribution in [3.05, 3.63) is 71.8 Å². The van der Waals surface area contributed by atoms with Gasteiger partial charge in [-0.2, -0.15) is 0 Å². The summed E-state index contributed by atoms with van der Waals surface area (Å²) in [7, 11) is 1.18. The molecule has 1 unspecified atom stereocenters. The number of ether oxygens (including phenoxy) is 3. The minimum absolute atomic E-state index is 0.0799. The first-order valence-corrected chi connectivity index (χ1v) is 14.5. The molecule has 0 aromatic heterocycles. The van der Waals surface area contributed by atoms with Crippen molar-refractivity contribution in [2.75, 3.05) is 20.2 Å². The number of nitrogens with zero attached hydrogens (tertiary/aromatic N) is 2. The molecule has 0 radical (unpaired) electrons. The van der Waals surface area contributed by atoms with E-state index in [-0.39, 0.29) is 18.9 Å². The molecule has 2 saturated heterocycles. The van der Waals surface area contributed by atoms with E-state index in [0.717, 1.165) is 11.1 Å². The van der Waals surface area contributed by atoms with Gasteiger partial charge in [0.05, 0.1) is 7.11 Å². The molecular weight excluding hydrogens is 554 g/mol. The molecular formula is C32H39N3O8. The molecule has 3 amide bonds. The highest BCUT2D eigenvalue weighted by molar-refractivity contribution is 5.97. The van der Waals surface area contributed by atoms with Crippen LogP contribution in [0.4, 0.5) is 4.79 Å². The van der Waals surface area contributed by atoms with Crippen LogP contribution in [-0.4, -0.2) is 83.6 Å². The van der Waals surface area contributed by atoms with Crippen molar-refractivity contribution in [1.29, 1.82) is 0 Å². The first-order valence-electron chi connectivity index (χ1n) is 14.5. The second-order valence-corrected chi connectivity index (χ2v) is 11.0. The Labute approximate surface area is 251 Å². The van der Waals surface area contributed by atoms with Crippen LogP contribution in [0.15, 0.2) is 60.7 Å². The predicted molar refractivity (Wildman–Crippen MR) is 155 cm³/mol. The maximum atomic E-state index is 14.2. The van der Waals surface area contributed by atoms with E-state index in [4.69, 9.17) is 14.2 Å². The predicted octanol–water partition coefficient (Wildman–Crippen LogP) is 3.00. The van der Waals surface area contributed by atoms with Crippen molar-refractivity contribution in [2.24, 2.45) is 0 Å². The second kappa shape index (κ2) is 14.2. The Bertz CT molecular complexity index is 1300. The molecule has 11 nitrogen and oxygen atoms in total. The zero-order valence-electron chi connectivity index (χ0n) is 24.8. The maximum Gasteiger partial charge on any atom is 0.410 e. The first-order chi connectivity index (χ1) is 20.7. The number of hydrogen-bond acceptors (Lipinski definition) is 8. The zero-order chi connectivity index (χ0) is 31.0. The van der Waals surface area contributed by atoms with Gasteiger partial charge in [-0.3, -0.25) is 19.3 Å². The molecule has 0 bridgehead atoms. The third kappa shape index (κ3) is 7.33. The number of esters is 2. The molecule has 11 heteroatoms. The van der Waals surface area contributed by atoms with Crippen LogP contribution < -0.4 is 5.32 Å². The van der Waals surface area contributed by atoms with Crippen LogP contribution in [0.1, 0.15) is 50.7 Å². The molecule has 2 fully saturated rings. The van der Waals surface area contributed by atoms with E-state index in [9.17, 15) is 24.0 Å². The molecule has 2 heterocycles. The van der Waals surface area contributed by atoms with Crippen LogP contribution in [0.2, 0.25) is 0 Å². The smallest absolute Gasteiger partial charge is 0.410 e. The number of rotatable bonds is 10. The number of amides is 3. The third-order valence-corrected chi connectivity index (χ3v) is 8.06. The van der Waals surface area contributed by atoms with Gasteiger partial charge < -0.3 is 24.4 Å². The average Bonchev–Trinajstić information content (AvgIpc) is 3.67. The van der Waals surface area contributed by atoms with Crippen molar-refractivity contribution in [2.45, 2.75) is 76.3 Å². The highest BCUT2D eigenvalue weighted by Crippen LogP contribution is 2.36. The van der Waals surface area contributed by atoms with Crippen LogP contribution >= 0.6 is 0 Å². The lowest BCUT2D eigenvalue weighted by atomic mass is 9.86. The largest absolute Gasteiger partial charge is 0.467 e. The number of likely N-dealkylation sites (tertiary alicyclic amines) is 2. The number of carbonyl (C=O) groups is 5. The number of carbonyl (C=O) groups excluding carboxylic acids is 5. The number of nitrogens with one attached hydrogen (secondary N) is 1. The van der Waals surface area contributed by atoms with Crippen LogP contribution in [0.3, 0.4) is 0 Å². The van der Waals surface area contributed by atoms with Crippen molar-refractivity contribution in [3.8, 4) is 0 Å². The Morgan fingerprint density at radius 2 is 1.60 bits per heavy atom. The summed E-state index contributed by atoms with van der Waals surface area (Å²) in [6.07, 6.45) is 0.516. The summed E-state index contributed by atoms with van der Waals surface area (Å²) in [6.45, 7) is 3.43. The molecule has 230 valence electrons. The summed E-state index contributed by atoms with van der Waals surface area (Å²) in [5, 5.41) is 2.73. The molecule has 2 aliphatic heterocycles. The molecule has 4 rings (SSSR count). The SMILES string of the molecule is COC(=O)[C@@H](NC(=O)C1(Cc2ccccc2)CCCN1C(=O)[C@@H]1CCCN1C(=O)OCc1ccccc1)[C@@H](C)OC(C)=O. The van der Waals surface area contributed by atoms with E-state index in [1.807, 2.05) is 60.7 Å². The van der Waals surface area contributed by atoms with E-state index in [1.54, 1.807) is 4.90 Å². The van der Waals surface area contributed by atoms with Gasteiger partial charge in [0, 0.05) is 26.4 Å². The van der Waals surface area contributed by atoms with Crippen LogP contribution in [-0.2, 0) is 46.4 Å². The summed E-state index contributed by atoms with van der Waals surface area (Å²) in [5.74, 6) is -2.31. The molecule has 1 N–H and O–H groups in total. The Hall–Kier alpha value is -4.41. The van der Waals surface area contributed by atoms with Gasteiger partial charge in [-0.1, -0.05) is 60.7 Å². The number of benzene rings is 2. The van der Waals surface area contributed by atoms with E-state index >= 15 is 0 Å². The van der Waals surface area contributed by atoms with E-state index in [2.05, 4.69) is 5.32 Å². The van der Waals surface area contributed by atoms with E-state index < -0.39 is 47.7 Å². The molecule has 2 aromatic rings. The molecule has 4 atom stereocenters. The fourth-order valence-corrected chi connectivity index (χ4v) is 5.96. The Kier molecular flexibility index (Phi) is 10.4. The Morgan fingerprint density at radius 3 is 2.23 bits per heavy atom. The normalized spacial score (nSPS) is 21.0. The van der Waals surface area contributed by atoms with Gasteiger partial charge in [0.25, 0.3) is 0 Å². The van der Waals surface area contributed by atoms with E-state index in [0.29, 0.717) is 38.8 Å². The zero-order valence-corrected chi connectivity index (χ0v) is 24.8. The lowest BCUT2D eigenvalue weighted by molar-refractivity contribution is -0.158. The highest BCUT2D eigenvalue weighted by Gasteiger charge is 2.53. The van der Waals surface area contributed by atoms with Gasteiger partial charge in [0.1, 0.15) is 24.3 Å². The molecule has 0 spiro atoms. The lowest BCUT2D eigenvalue weighted by Crippen LogP contribution is -2.64. The minimum Gasteiger partial charge on any atom is -0.467 e. The molecule has 0 saturated carbocycles. The van der Waals surface area contributed by atoms with Crippen molar-refractivity contribution in [1.82, 2.24) is 15.1 Å². The monoisotopic (exact) mass is 593 g/mol. The molecule has 2 aliphatic rings. The minimum atomic E-state index is -1.36. The van der Waals surface area contributed by atoms with Crippen LogP contribution in [0, 0.1) is 0 Å².